The van der Waals surface area contributed by atoms with E-state index >= 15 is 0 Å². The molecule has 0 heterocycles. The number of nitriles is 4. The minimum atomic E-state index is -1.65. The average Bonchev–Trinajstić information content (AvgIpc) is 3.10. The summed E-state index contributed by atoms with van der Waals surface area (Å²) >= 11 is 0. The lowest BCUT2D eigenvalue weighted by atomic mass is 9.98. The summed E-state index contributed by atoms with van der Waals surface area (Å²) in [4.78, 5) is 11.0. The maximum absolute atomic E-state index is 11.0. The van der Waals surface area contributed by atoms with Gasteiger partial charge in [-0.2, -0.15) is 21.0 Å². The molecule has 0 bridgehead atoms. The highest BCUT2D eigenvalue weighted by Crippen LogP contribution is 2.73. The standard InChI is InChI=1S/C15H9N5O/c1-10(21)20-12-4-2-11(3-5-12)13-14(6-16,7-17)15(13,8-18)9-19/h2-5,13H,1H3,(H,20,21). The molecule has 21 heavy (non-hydrogen) atoms. The van der Waals surface area contributed by atoms with E-state index in [1.54, 1.807) is 24.3 Å². The molecule has 1 aromatic rings. The van der Waals surface area contributed by atoms with E-state index in [1.165, 1.54) is 6.92 Å². The molecule has 0 unspecified atom stereocenters. The number of hydrogen-bond acceptors (Lipinski definition) is 5. The van der Waals surface area contributed by atoms with Gasteiger partial charge in [-0.3, -0.25) is 4.79 Å². The highest BCUT2D eigenvalue weighted by molar-refractivity contribution is 5.88. The third-order valence-corrected chi connectivity index (χ3v) is 3.67. The number of nitrogens with one attached hydrogen (secondary N) is 1. The summed E-state index contributed by atoms with van der Waals surface area (Å²) in [6, 6.07) is 13.7. The van der Waals surface area contributed by atoms with Crippen LogP contribution in [0, 0.1) is 56.2 Å². The van der Waals surface area contributed by atoms with Gasteiger partial charge >= 0.3 is 0 Å². The first-order valence-corrected chi connectivity index (χ1v) is 6.04. The van der Waals surface area contributed by atoms with Crippen molar-refractivity contribution in [2.45, 2.75) is 12.8 Å². The molecule has 1 saturated carbocycles. The monoisotopic (exact) mass is 275 g/mol. The van der Waals surface area contributed by atoms with Crippen molar-refractivity contribution in [1.29, 1.82) is 21.0 Å². The Labute approximate surface area is 121 Å². The molecular formula is C15H9N5O. The second-order valence-electron chi connectivity index (χ2n) is 4.80. The molecule has 1 aromatic carbocycles. The zero-order chi connectivity index (χ0) is 15.7. The highest BCUT2D eigenvalue weighted by Gasteiger charge is 2.81. The fourth-order valence-electron chi connectivity index (χ4n) is 2.60. The zero-order valence-electron chi connectivity index (χ0n) is 11.1. The largest absolute Gasteiger partial charge is 0.326 e. The van der Waals surface area contributed by atoms with E-state index < -0.39 is 16.7 Å². The van der Waals surface area contributed by atoms with Gasteiger partial charge in [0.15, 0.2) is 10.8 Å². The number of hydrogen-bond donors (Lipinski definition) is 1. The summed E-state index contributed by atoms with van der Waals surface area (Å²) in [5.74, 6) is -0.998. The lowest BCUT2D eigenvalue weighted by Gasteiger charge is -2.04. The van der Waals surface area contributed by atoms with E-state index in [-0.39, 0.29) is 5.91 Å². The molecule has 1 amide bonds. The molecule has 1 aliphatic carbocycles. The molecular weight excluding hydrogens is 266 g/mol. The number of anilines is 1. The lowest BCUT2D eigenvalue weighted by Crippen LogP contribution is -2.05. The molecule has 1 fully saturated rings. The van der Waals surface area contributed by atoms with Gasteiger partial charge < -0.3 is 5.32 Å². The SMILES string of the molecule is CC(=O)Nc1ccc(C2C(C#N)(C#N)C2(C#N)C#N)cc1. The van der Waals surface area contributed by atoms with Crippen LogP contribution in [0.2, 0.25) is 0 Å². The van der Waals surface area contributed by atoms with Gasteiger partial charge in [0.1, 0.15) is 0 Å². The third-order valence-electron chi connectivity index (χ3n) is 3.67. The van der Waals surface area contributed by atoms with Crippen LogP contribution in [0.15, 0.2) is 24.3 Å². The van der Waals surface area contributed by atoms with Crippen molar-refractivity contribution >= 4 is 11.6 Å². The highest BCUT2D eigenvalue weighted by atomic mass is 16.1. The van der Waals surface area contributed by atoms with Crippen LogP contribution in [0.5, 0.6) is 0 Å². The van der Waals surface area contributed by atoms with E-state index in [1.807, 2.05) is 24.3 Å². The molecule has 0 spiro atoms. The molecule has 0 aliphatic heterocycles. The number of amides is 1. The first-order valence-electron chi connectivity index (χ1n) is 6.04. The third kappa shape index (κ3) is 1.71. The Morgan fingerprint density at radius 1 is 1.00 bits per heavy atom. The van der Waals surface area contributed by atoms with Gasteiger partial charge in [-0.25, -0.2) is 0 Å². The van der Waals surface area contributed by atoms with Gasteiger partial charge in [0.05, 0.1) is 30.2 Å². The van der Waals surface area contributed by atoms with Gasteiger partial charge in [-0.15, -0.1) is 0 Å². The van der Waals surface area contributed by atoms with Crippen LogP contribution < -0.4 is 5.32 Å². The van der Waals surface area contributed by atoms with Gasteiger partial charge in [-0.1, -0.05) is 12.1 Å². The summed E-state index contributed by atoms with van der Waals surface area (Å²) in [6.07, 6.45) is 0. The molecule has 0 radical (unpaired) electrons. The van der Waals surface area contributed by atoms with Crippen molar-refractivity contribution in [3.05, 3.63) is 29.8 Å². The van der Waals surface area contributed by atoms with Crippen LogP contribution in [0.3, 0.4) is 0 Å². The predicted octanol–water partition coefficient (Wildman–Crippen LogP) is 1.81. The Morgan fingerprint density at radius 2 is 1.43 bits per heavy atom. The lowest BCUT2D eigenvalue weighted by molar-refractivity contribution is -0.114. The summed E-state index contributed by atoms with van der Waals surface area (Å²) in [5, 5.41) is 39.5. The van der Waals surface area contributed by atoms with Crippen molar-refractivity contribution in [3.8, 4) is 24.3 Å². The van der Waals surface area contributed by atoms with E-state index in [9.17, 15) is 25.8 Å². The molecule has 0 saturated heterocycles. The summed E-state index contributed by atoms with van der Waals surface area (Å²) in [7, 11) is 0. The Morgan fingerprint density at radius 3 is 1.76 bits per heavy atom. The Kier molecular flexibility index (Phi) is 3.11. The number of carbonyl (C=O) groups excluding carboxylic acids is 1. The summed E-state index contributed by atoms with van der Waals surface area (Å²) < 4.78 is 0. The summed E-state index contributed by atoms with van der Waals surface area (Å²) in [6.45, 7) is 1.38. The van der Waals surface area contributed by atoms with Crippen molar-refractivity contribution < 1.29 is 4.79 Å². The maximum Gasteiger partial charge on any atom is 0.221 e. The van der Waals surface area contributed by atoms with E-state index in [2.05, 4.69) is 5.32 Å². The minimum absolute atomic E-state index is 0.221. The van der Waals surface area contributed by atoms with Gasteiger partial charge in [-0.05, 0) is 17.7 Å². The zero-order valence-corrected chi connectivity index (χ0v) is 11.1. The topological polar surface area (TPSA) is 124 Å². The molecule has 100 valence electrons. The predicted molar refractivity (Wildman–Crippen MR) is 70.8 cm³/mol. The van der Waals surface area contributed by atoms with Crippen molar-refractivity contribution in [3.63, 3.8) is 0 Å². The van der Waals surface area contributed by atoms with Gasteiger partial charge in [0.2, 0.25) is 5.91 Å². The van der Waals surface area contributed by atoms with Crippen LogP contribution in [0.1, 0.15) is 18.4 Å². The minimum Gasteiger partial charge on any atom is -0.326 e. The molecule has 6 nitrogen and oxygen atoms in total. The molecule has 1 aliphatic rings. The fourth-order valence-corrected chi connectivity index (χ4v) is 2.60. The maximum atomic E-state index is 11.0. The van der Waals surface area contributed by atoms with Crippen LogP contribution in [-0.2, 0) is 4.79 Å². The Bertz CT molecular complexity index is 701. The number of carbonyl (C=O) groups is 1. The van der Waals surface area contributed by atoms with Crippen molar-refractivity contribution in [2.75, 3.05) is 5.32 Å². The molecule has 2 rings (SSSR count). The van der Waals surface area contributed by atoms with Crippen molar-refractivity contribution in [1.82, 2.24) is 0 Å². The second-order valence-corrected chi connectivity index (χ2v) is 4.80. The number of benzene rings is 1. The number of rotatable bonds is 2. The Hall–Kier alpha value is -3.35. The van der Waals surface area contributed by atoms with Gasteiger partial charge in [0.25, 0.3) is 0 Å². The summed E-state index contributed by atoms with van der Waals surface area (Å²) in [5.41, 5.74) is -2.18. The molecule has 6 heteroatoms. The molecule has 0 aromatic heterocycles. The first-order chi connectivity index (χ1) is 10.0. The second kappa shape index (κ2) is 4.64. The molecule has 1 N–H and O–H groups in total. The average molecular weight is 275 g/mol. The van der Waals surface area contributed by atoms with Gasteiger partial charge in [0, 0.05) is 12.6 Å². The smallest absolute Gasteiger partial charge is 0.221 e. The Balaban J connectivity index is 2.43. The van der Waals surface area contributed by atoms with E-state index in [0.29, 0.717) is 11.3 Å². The number of nitrogens with zero attached hydrogens (tertiary/aromatic N) is 4. The van der Waals surface area contributed by atoms with E-state index in [0.717, 1.165) is 0 Å². The van der Waals surface area contributed by atoms with Crippen molar-refractivity contribution in [2.24, 2.45) is 10.8 Å². The fraction of sp³-hybridized carbons (Fsp3) is 0.267. The first kappa shape index (κ1) is 14.1. The van der Waals surface area contributed by atoms with Crippen LogP contribution in [0.4, 0.5) is 5.69 Å². The van der Waals surface area contributed by atoms with Crippen LogP contribution >= 0.6 is 0 Å². The quantitative estimate of drug-likeness (QED) is 0.881. The van der Waals surface area contributed by atoms with Crippen LogP contribution in [0.25, 0.3) is 0 Å². The van der Waals surface area contributed by atoms with Crippen LogP contribution in [-0.4, -0.2) is 5.91 Å². The normalized spacial score (nSPS) is 17.4. The molecule has 0 atom stereocenters. The van der Waals surface area contributed by atoms with E-state index in [4.69, 9.17) is 0 Å².